The van der Waals surface area contributed by atoms with Gasteiger partial charge in [-0.2, -0.15) is 0 Å². The molecule has 0 saturated carbocycles. The molecule has 8 heteroatoms. The standard InChI is InChI=1S/C23H27N5OS.HI/c1-3-24-23(25-11-10-18-15-28-12-6-7-16(2)22(28)27-18)26-14-19(29)21-13-17-8-4-5-9-20(17)30-21;/h4-9,12-13,15,19,29H,3,10-11,14H2,1-2H3,(H2,24,25,26);1H. The second kappa shape index (κ2) is 10.9. The zero-order chi connectivity index (χ0) is 20.9. The quantitative estimate of drug-likeness (QED) is 0.183. The van der Waals surface area contributed by atoms with Crippen molar-refractivity contribution in [3.05, 3.63) is 71.0 Å². The van der Waals surface area contributed by atoms with Gasteiger partial charge in [0.15, 0.2) is 5.96 Å². The highest BCUT2D eigenvalue weighted by Gasteiger charge is 2.11. The van der Waals surface area contributed by atoms with Gasteiger partial charge in [-0.25, -0.2) is 4.98 Å². The molecule has 0 bridgehead atoms. The van der Waals surface area contributed by atoms with Gasteiger partial charge in [-0.05, 0) is 43.0 Å². The molecule has 1 atom stereocenters. The van der Waals surface area contributed by atoms with E-state index in [2.05, 4.69) is 51.3 Å². The monoisotopic (exact) mass is 549 g/mol. The van der Waals surface area contributed by atoms with Crippen molar-refractivity contribution in [2.75, 3.05) is 19.6 Å². The lowest BCUT2D eigenvalue weighted by Crippen LogP contribution is -2.38. The molecule has 0 spiro atoms. The third kappa shape index (κ3) is 5.75. The van der Waals surface area contributed by atoms with Crippen LogP contribution in [-0.4, -0.2) is 40.1 Å². The maximum absolute atomic E-state index is 10.6. The number of rotatable bonds is 7. The van der Waals surface area contributed by atoms with E-state index in [1.807, 2.05) is 37.4 Å². The molecule has 0 amide bonds. The second-order valence-corrected chi connectivity index (χ2v) is 8.37. The van der Waals surface area contributed by atoms with E-state index < -0.39 is 6.10 Å². The molecule has 0 aliphatic carbocycles. The summed E-state index contributed by atoms with van der Waals surface area (Å²) < 4.78 is 3.24. The average molecular weight is 549 g/mol. The SMILES string of the molecule is CCNC(=NCC(O)c1cc2ccccc2s1)NCCc1cn2cccc(C)c2n1.I. The summed E-state index contributed by atoms with van der Waals surface area (Å²) in [5, 5.41) is 18.3. The van der Waals surface area contributed by atoms with Gasteiger partial charge in [0.2, 0.25) is 0 Å². The van der Waals surface area contributed by atoms with Gasteiger partial charge in [-0.3, -0.25) is 4.99 Å². The highest BCUT2D eigenvalue weighted by Crippen LogP contribution is 2.29. The summed E-state index contributed by atoms with van der Waals surface area (Å²) in [4.78, 5) is 10.2. The van der Waals surface area contributed by atoms with Crippen LogP contribution in [-0.2, 0) is 6.42 Å². The number of aliphatic imine (C=N–C) groups is 1. The predicted molar refractivity (Wildman–Crippen MR) is 140 cm³/mol. The van der Waals surface area contributed by atoms with E-state index in [9.17, 15) is 5.11 Å². The average Bonchev–Trinajstić information content (AvgIpc) is 3.36. The molecular weight excluding hydrogens is 521 g/mol. The van der Waals surface area contributed by atoms with Crippen molar-refractivity contribution in [1.82, 2.24) is 20.0 Å². The van der Waals surface area contributed by atoms with Crippen LogP contribution in [0.5, 0.6) is 0 Å². The Bertz CT molecular complexity index is 1140. The van der Waals surface area contributed by atoms with Gasteiger partial charge in [0.1, 0.15) is 11.8 Å². The number of fused-ring (bicyclic) bond motifs is 2. The minimum atomic E-state index is -0.612. The van der Waals surface area contributed by atoms with Crippen molar-refractivity contribution < 1.29 is 5.11 Å². The fraction of sp³-hybridized carbons (Fsp3) is 0.304. The molecule has 31 heavy (non-hydrogen) atoms. The van der Waals surface area contributed by atoms with E-state index in [1.54, 1.807) is 11.3 Å². The molecule has 0 radical (unpaired) electrons. The molecule has 6 nitrogen and oxygen atoms in total. The Balaban J connectivity index is 0.00000272. The van der Waals surface area contributed by atoms with E-state index in [0.29, 0.717) is 19.0 Å². The summed E-state index contributed by atoms with van der Waals surface area (Å²) in [6.45, 7) is 5.90. The Kier molecular flexibility index (Phi) is 8.28. The van der Waals surface area contributed by atoms with Crippen LogP contribution < -0.4 is 10.6 Å². The minimum absolute atomic E-state index is 0. The lowest BCUT2D eigenvalue weighted by Gasteiger charge is -2.12. The number of nitrogens with one attached hydrogen (secondary N) is 2. The molecular formula is C23H28IN5OS. The van der Waals surface area contributed by atoms with Crippen molar-refractivity contribution in [3.8, 4) is 0 Å². The number of benzene rings is 1. The van der Waals surface area contributed by atoms with Gasteiger partial charge >= 0.3 is 0 Å². The number of aryl methyl sites for hydroxylation is 1. The number of thiophene rings is 1. The van der Waals surface area contributed by atoms with Crippen LogP contribution in [0.4, 0.5) is 0 Å². The first-order valence-electron chi connectivity index (χ1n) is 10.3. The number of aliphatic hydroxyl groups excluding tert-OH is 1. The van der Waals surface area contributed by atoms with Crippen LogP contribution in [0.25, 0.3) is 15.7 Å². The molecule has 0 saturated heterocycles. The third-order valence-electron chi connectivity index (χ3n) is 4.94. The van der Waals surface area contributed by atoms with Crippen LogP contribution in [0.1, 0.15) is 29.2 Å². The van der Waals surface area contributed by atoms with Gasteiger partial charge in [0, 0.05) is 41.5 Å². The van der Waals surface area contributed by atoms with Gasteiger partial charge in [-0.1, -0.05) is 24.3 Å². The fourth-order valence-electron chi connectivity index (χ4n) is 3.41. The van der Waals surface area contributed by atoms with Gasteiger partial charge in [-0.15, -0.1) is 35.3 Å². The number of pyridine rings is 1. The molecule has 3 N–H and O–H groups in total. The smallest absolute Gasteiger partial charge is 0.191 e. The molecule has 4 aromatic rings. The largest absolute Gasteiger partial charge is 0.386 e. The van der Waals surface area contributed by atoms with Crippen LogP contribution in [0.2, 0.25) is 0 Å². The molecule has 0 aliphatic rings. The Labute approximate surface area is 203 Å². The summed E-state index contributed by atoms with van der Waals surface area (Å²) in [5.74, 6) is 0.706. The second-order valence-electron chi connectivity index (χ2n) is 7.25. The first-order valence-corrected chi connectivity index (χ1v) is 11.1. The van der Waals surface area contributed by atoms with Crippen molar-refractivity contribution in [2.24, 2.45) is 4.99 Å². The number of nitrogens with zero attached hydrogens (tertiary/aromatic N) is 3. The van der Waals surface area contributed by atoms with Gasteiger partial charge in [0.25, 0.3) is 0 Å². The highest BCUT2D eigenvalue weighted by atomic mass is 127. The number of hydrogen-bond acceptors (Lipinski definition) is 4. The van der Waals surface area contributed by atoms with Crippen LogP contribution in [0, 0.1) is 6.92 Å². The van der Waals surface area contributed by atoms with Crippen LogP contribution in [0.15, 0.2) is 59.9 Å². The Morgan fingerprint density at radius 2 is 2.06 bits per heavy atom. The molecule has 0 aliphatic heterocycles. The molecule has 4 rings (SSSR count). The number of aliphatic hydroxyl groups is 1. The first-order chi connectivity index (χ1) is 14.6. The van der Waals surface area contributed by atoms with Crippen molar-refractivity contribution in [1.29, 1.82) is 0 Å². The van der Waals surface area contributed by atoms with Gasteiger partial charge in [0.05, 0.1) is 12.2 Å². The topological polar surface area (TPSA) is 74.0 Å². The number of hydrogen-bond donors (Lipinski definition) is 3. The maximum atomic E-state index is 10.6. The zero-order valence-electron chi connectivity index (χ0n) is 17.7. The van der Waals surface area contributed by atoms with E-state index in [4.69, 9.17) is 4.98 Å². The molecule has 0 fully saturated rings. The summed E-state index contributed by atoms with van der Waals surface area (Å²) in [5.41, 5.74) is 3.21. The summed E-state index contributed by atoms with van der Waals surface area (Å²) in [6.07, 6.45) is 4.27. The molecule has 1 unspecified atom stereocenters. The zero-order valence-corrected chi connectivity index (χ0v) is 20.9. The van der Waals surface area contributed by atoms with Crippen LogP contribution >= 0.6 is 35.3 Å². The molecule has 1 aromatic carbocycles. The van der Waals surface area contributed by atoms with Crippen molar-refractivity contribution in [3.63, 3.8) is 0 Å². The lowest BCUT2D eigenvalue weighted by atomic mass is 10.2. The summed E-state index contributed by atoms with van der Waals surface area (Å²) in [7, 11) is 0. The number of imidazole rings is 1. The van der Waals surface area contributed by atoms with E-state index >= 15 is 0 Å². The number of halogens is 1. The van der Waals surface area contributed by atoms with E-state index in [1.165, 1.54) is 10.3 Å². The minimum Gasteiger partial charge on any atom is -0.386 e. The van der Waals surface area contributed by atoms with Gasteiger partial charge < -0.3 is 20.1 Å². The Morgan fingerprint density at radius 1 is 1.23 bits per heavy atom. The first kappa shape index (κ1) is 23.5. The Hall–Kier alpha value is -2.17. The van der Waals surface area contributed by atoms with Crippen molar-refractivity contribution in [2.45, 2.75) is 26.4 Å². The number of guanidine groups is 1. The molecule has 164 valence electrons. The third-order valence-corrected chi connectivity index (χ3v) is 6.16. The maximum Gasteiger partial charge on any atom is 0.191 e. The van der Waals surface area contributed by atoms with Crippen LogP contribution in [0.3, 0.4) is 0 Å². The normalized spacial score (nSPS) is 12.7. The highest BCUT2D eigenvalue weighted by molar-refractivity contribution is 14.0. The van der Waals surface area contributed by atoms with E-state index in [-0.39, 0.29) is 24.0 Å². The molecule has 3 heterocycles. The molecule has 3 aromatic heterocycles. The summed E-state index contributed by atoms with van der Waals surface area (Å²) >= 11 is 1.62. The fourth-order valence-corrected chi connectivity index (χ4v) is 4.45. The predicted octanol–water partition coefficient (Wildman–Crippen LogP) is 4.31. The number of aromatic nitrogens is 2. The van der Waals surface area contributed by atoms with Crippen molar-refractivity contribution >= 4 is 57.0 Å². The Morgan fingerprint density at radius 3 is 2.84 bits per heavy atom. The lowest BCUT2D eigenvalue weighted by molar-refractivity contribution is 0.191. The summed E-state index contributed by atoms with van der Waals surface area (Å²) in [6, 6.07) is 14.3. The van der Waals surface area contributed by atoms with E-state index in [0.717, 1.165) is 34.6 Å².